The van der Waals surface area contributed by atoms with Crippen molar-refractivity contribution in [2.24, 2.45) is 5.41 Å². The molecule has 218 valence electrons. The van der Waals surface area contributed by atoms with Crippen LogP contribution in [0.3, 0.4) is 0 Å². The summed E-state index contributed by atoms with van der Waals surface area (Å²) in [6, 6.07) is 23.7. The van der Waals surface area contributed by atoms with Crippen molar-refractivity contribution in [2.75, 3.05) is 19.7 Å². The summed E-state index contributed by atoms with van der Waals surface area (Å²) in [6.45, 7) is 9.66. The number of ether oxygens (including phenoxy) is 1. The molecule has 2 amide bonds. The molecule has 0 bridgehead atoms. The monoisotopic (exact) mass is 556 g/mol. The first-order valence-corrected chi connectivity index (χ1v) is 14.6. The van der Waals surface area contributed by atoms with Gasteiger partial charge in [0.15, 0.2) is 5.78 Å². The molecule has 0 aromatic heterocycles. The van der Waals surface area contributed by atoms with Crippen LogP contribution >= 0.6 is 0 Å². The second kappa shape index (κ2) is 15.8. The number of rotatable bonds is 16. The minimum atomic E-state index is -0.479. The zero-order valence-corrected chi connectivity index (χ0v) is 24.9. The van der Waals surface area contributed by atoms with E-state index in [1.807, 2.05) is 88.4 Å². The highest BCUT2D eigenvalue weighted by Crippen LogP contribution is 2.24. The third-order valence-corrected chi connectivity index (χ3v) is 7.27. The molecule has 6 heteroatoms. The molecule has 3 aromatic rings. The zero-order chi connectivity index (χ0) is 29.7. The minimum absolute atomic E-state index is 0.0311. The normalized spacial score (nSPS) is 11.1. The smallest absolute Gasteiger partial charge is 0.225 e. The van der Waals surface area contributed by atoms with E-state index < -0.39 is 5.41 Å². The van der Waals surface area contributed by atoms with Gasteiger partial charge >= 0.3 is 0 Å². The van der Waals surface area contributed by atoms with Gasteiger partial charge in [0.1, 0.15) is 5.75 Å². The van der Waals surface area contributed by atoms with Gasteiger partial charge in [0.25, 0.3) is 0 Å². The number of amides is 2. The first-order chi connectivity index (χ1) is 19.7. The van der Waals surface area contributed by atoms with E-state index in [9.17, 15) is 14.4 Å². The fourth-order valence-corrected chi connectivity index (χ4v) is 4.53. The molecule has 0 heterocycles. The average molecular weight is 557 g/mol. The Balaban J connectivity index is 1.24. The van der Waals surface area contributed by atoms with Gasteiger partial charge in [0.2, 0.25) is 11.8 Å². The highest BCUT2D eigenvalue weighted by Gasteiger charge is 2.26. The lowest BCUT2D eigenvalue weighted by molar-refractivity contribution is -0.129. The molecule has 0 saturated heterocycles. The molecule has 0 aliphatic heterocycles. The number of aryl methyl sites for hydroxylation is 2. The summed E-state index contributed by atoms with van der Waals surface area (Å²) in [4.78, 5) is 37.4. The Morgan fingerprint density at radius 3 is 2.12 bits per heavy atom. The van der Waals surface area contributed by atoms with Gasteiger partial charge in [-0.15, -0.1) is 0 Å². The summed E-state index contributed by atoms with van der Waals surface area (Å²) in [6.07, 6.45) is 3.39. The molecule has 3 aromatic carbocycles. The standard InChI is InChI=1S/C35H44N2O4/c1-26-13-14-27(2)32(25-26)41-24-10-21-35(3,4)34(40)37-23-9-8-22-36-33(39)20-19-31(38)30-17-15-29(16-18-30)28-11-6-5-7-12-28/h5-7,11-18,25H,8-10,19-24H2,1-4H3,(H,36,39)(H,37,40). The lowest BCUT2D eigenvalue weighted by atomic mass is 9.87. The van der Waals surface area contributed by atoms with E-state index in [0.29, 0.717) is 25.3 Å². The molecule has 2 N–H and O–H groups in total. The molecule has 0 atom stereocenters. The van der Waals surface area contributed by atoms with Gasteiger partial charge in [0.05, 0.1) is 6.61 Å². The number of ketones is 1. The molecule has 0 saturated carbocycles. The second-order valence-electron chi connectivity index (χ2n) is 11.3. The first-order valence-electron chi connectivity index (χ1n) is 14.6. The summed E-state index contributed by atoms with van der Waals surface area (Å²) in [5.41, 5.74) is 4.57. The van der Waals surface area contributed by atoms with Gasteiger partial charge in [-0.1, -0.05) is 80.6 Å². The third kappa shape index (κ3) is 10.5. The van der Waals surface area contributed by atoms with Crippen molar-refractivity contribution in [3.8, 4) is 16.9 Å². The Bertz CT molecular complexity index is 1280. The average Bonchev–Trinajstić information content (AvgIpc) is 2.97. The van der Waals surface area contributed by atoms with Crippen molar-refractivity contribution in [1.82, 2.24) is 10.6 Å². The Morgan fingerprint density at radius 2 is 1.41 bits per heavy atom. The summed E-state index contributed by atoms with van der Waals surface area (Å²) in [5, 5.41) is 5.90. The predicted molar refractivity (Wildman–Crippen MR) is 165 cm³/mol. The summed E-state index contributed by atoms with van der Waals surface area (Å²) < 4.78 is 5.92. The van der Waals surface area contributed by atoms with Crippen molar-refractivity contribution in [3.05, 3.63) is 89.5 Å². The lowest BCUT2D eigenvalue weighted by Gasteiger charge is -2.23. The molecule has 0 aliphatic rings. The number of hydrogen-bond acceptors (Lipinski definition) is 4. The van der Waals surface area contributed by atoms with Crippen LogP contribution in [0, 0.1) is 19.3 Å². The minimum Gasteiger partial charge on any atom is -0.493 e. The number of nitrogens with one attached hydrogen (secondary N) is 2. The van der Waals surface area contributed by atoms with E-state index in [1.54, 1.807) is 0 Å². The number of unbranched alkanes of at least 4 members (excludes halogenated alkanes) is 1. The van der Waals surface area contributed by atoms with Crippen LogP contribution in [-0.2, 0) is 9.59 Å². The Hall–Kier alpha value is -3.93. The molecule has 3 rings (SSSR count). The van der Waals surface area contributed by atoms with Crippen LogP contribution in [0.5, 0.6) is 5.75 Å². The van der Waals surface area contributed by atoms with E-state index in [-0.39, 0.29) is 30.4 Å². The highest BCUT2D eigenvalue weighted by molar-refractivity contribution is 5.98. The van der Waals surface area contributed by atoms with Crippen LogP contribution in [0.25, 0.3) is 11.1 Å². The summed E-state index contributed by atoms with van der Waals surface area (Å²) in [7, 11) is 0. The number of Topliss-reactive ketones (excluding diaryl/α,β-unsaturated/α-hetero) is 1. The Kier molecular flexibility index (Phi) is 12.1. The third-order valence-electron chi connectivity index (χ3n) is 7.27. The van der Waals surface area contributed by atoms with Crippen LogP contribution in [0.15, 0.2) is 72.8 Å². The van der Waals surface area contributed by atoms with Crippen LogP contribution in [0.4, 0.5) is 0 Å². The topological polar surface area (TPSA) is 84.5 Å². The van der Waals surface area contributed by atoms with Crippen molar-refractivity contribution in [1.29, 1.82) is 0 Å². The molecular weight excluding hydrogens is 512 g/mol. The Labute approximate surface area is 244 Å². The van der Waals surface area contributed by atoms with E-state index in [2.05, 4.69) is 22.8 Å². The largest absolute Gasteiger partial charge is 0.493 e. The fourth-order valence-electron chi connectivity index (χ4n) is 4.53. The zero-order valence-electron chi connectivity index (χ0n) is 24.9. The van der Waals surface area contributed by atoms with Gasteiger partial charge in [-0.3, -0.25) is 14.4 Å². The maximum Gasteiger partial charge on any atom is 0.225 e. The summed E-state index contributed by atoms with van der Waals surface area (Å²) in [5.74, 6) is 0.762. The maximum atomic E-state index is 12.7. The van der Waals surface area contributed by atoms with Crippen molar-refractivity contribution in [2.45, 2.75) is 66.2 Å². The van der Waals surface area contributed by atoms with Gasteiger partial charge in [-0.25, -0.2) is 0 Å². The molecule has 0 fully saturated rings. The fraction of sp³-hybridized carbons (Fsp3) is 0.400. The Morgan fingerprint density at radius 1 is 0.756 bits per heavy atom. The summed E-state index contributed by atoms with van der Waals surface area (Å²) >= 11 is 0. The number of benzene rings is 3. The molecule has 41 heavy (non-hydrogen) atoms. The quantitative estimate of drug-likeness (QED) is 0.150. The van der Waals surface area contributed by atoms with E-state index in [1.165, 1.54) is 5.56 Å². The van der Waals surface area contributed by atoms with Crippen molar-refractivity contribution in [3.63, 3.8) is 0 Å². The van der Waals surface area contributed by atoms with E-state index in [0.717, 1.165) is 48.1 Å². The molecule has 0 aliphatic carbocycles. The van der Waals surface area contributed by atoms with E-state index >= 15 is 0 Å². The molecule has 6 nitrogen and oxygen atoms in total. The SMILES string of the molecule is Cc1ccc(C)c(OCCCC(C)(C)C(=O)NCCCCNC(=O)CCC(=O)c2ccc(-c3ccccc3)cc2)c1. The van der Waals surface area contributed by atoms with Gasteiger partial charge < -0.3 is 15.4 Å². The number of carbonyl (C=O) groups is 3. The van der Waals surface area contributed by atoms with Crippen LogP contribution in [-0.4, -0.2) is 37.3 Å². The number of hydrogen-bond donors (Lipinski definition) is 2. The van der Waals surface area contributed by atoms with E-state index in [4.69, 9.17) is 4.74 Å². The van der Waals surface area contributed by atoms with Crippen molar-refractivity contribution < 1.29 is 19.1 Å². The van der Waals surface area contributed by atoms with Crippen LogP contribution in [0.1, 0.15) is 73.9 Å². The molecule has 0 radical (unpaired) electrons. The van der Waals surface area contributed by atoms with Crippen LogP contribution in [0.2, 0.25) is 0 Å². The second-order valence-corrected chi connectivity index (χ2v) is 11.3. The van der Waals surface area contributed by atoms with Crippen LogP contribution < -0.4 is 15.4 Å². The maximum absolute atomic E-state index is 12.7. The number of carbonyl (C=O) groups excluding carboxylic acids is 3. The van der Waals surface area contributed by atoms with Gasteiger partial charge in [-0.2, -0.15) is 0 Å². The lowest BCUT2D eigenvalue weighted by Crippen LogP contribution is -2.37. The molecule has 0 spiro atoms. The van der Waals surface area contributed by atoms with Gasteiger partial charge in [0, 0.05) is 36.9 Å². The molecular formula is C35H44N2O4. The van der Waals surface area contributed by atoms with Crippen molar-refractivity contribution >= 4 is 17.6 Å². The first kappa shape index (κ1) is 31.6. The molecule has 0 unspecified atom stereocenters. The highest BCUT2D eigenvalue weighted by atomic mass is 16.5. The van der Waals surface area contributed by atoms with Gasteiger partial charge in [-0.05, 0) is 67.9 Å². The predicted octanol–water partition coefficient (Wildman–Crippen LogP) is 6.83.